The molecule has 1 fully saturated rings. The maximum Gasteiger partial charge on any atom is 0.393 e. The third-order valence-electron chi connectivity index (χ3n) is 3.88. The van der Waals surface area contributed by atoms with Crippen molar-refractivity contribution >= 4 is 11.8 Å². The number of rotatable bonds is 3. The molecule has 1 aliphatic rings. The van der Waals surface area contributed by atoms with Gasteiger partial charge in [0.1, 0.15) is 5.82 Å². The van der Waals surface area contributed by atoms with E-state index < -0.39 is 18.1 Å². The van der Waals surface area contributed by atoms with Crippen molar-refractivity contribution in [3.05, 3.63) is 23.9 Å². The van der Waals surface area contributed by atoms with Crippen LogP contribution in [0.25, 0.3) is 0 Å². The Balaban J connectivity index is 1.86. The van der Waals surface area contributed by atoms with E-state index in [0.717, 1.165) is 11.4 Å². The number of carbonyl (C=O) groups excluding carboxylic acids is 1. The summed E-state index contributed by atoms with van der Waals surface area (Å²) < 4.78 is 38.3. The molecule has 1 N–H and O–H groups in total. The highest BCUT2D eigenvalue weighted by atomic mass is 19.4. The van der Waals surface area contributed by atoms with Gasteiger partial charge in [0.05, 0.1) is 5.92 Å². The number of amides is 2. The molecule has 0 bridgehead atoms. The largest absolute Gasteiger partial charge is 0.393 e. The number of urea groups is 1. The van der Waals surface area contributed by atoms with E-state index in [9.17, 15) is 18.0 Å². The van der Waals surface area contributed by atoms with Crippen molar-refractivity contribution in [3.8, 4) is 0 Å². The van der Waals surface area contributed by atoms with E-state index in [2.05, 4.69) is 10.3 Å². The number of alkyl halides is 3. The lowest BCUT2D eigenvalue weighted by atomic mass is 9.98. The van der Waals surface area contributed by atoms with E-state index in [0.29, 0.717) is 13.0 Å². The first-order chi connectivity index (χ1) is 10.8. The Labute approximate surface area is 133 Å². The van der Waals surface area contributed by atoms with Crippen LogP contribution in [0.2, 0.25) is 0 Å². The van der Waals surface area contributed by atoms with E-state index in [4.69, 9.17) is 0 Å². The van der Waals surface area contributed by atoms with E-state index in [1.54, 1.807) is 6.20 Å². The molecule has 0 radical (unpaired) electrons. The van der Waals surface area contributed by atoms with Gasteiger partial charge in [-0.2, -0.15) is 13.2 Å². The monoisotopic (exact) mass is 330 g/mol. The van der Waals surface area contributed by atoms with Crippen LogP contribution >= 0.6 is 0 Å². The number of hydrogen-bond donors (Lipinski definition) is 1. The maximum atomic E-state index is 12.8. The summed E-state index contributed by atoms with van der Waals surface area (Å²) in [5.74, 6) is -0.632. The lowest BCUT2D eigenvalue weighted by Crippen LogP contribution is -2.48. The third-order valence-corrected chi connectivity index (χ3v) is 3.88. The predicted octanol–water partition coefficient (Wildman–Crippen LogP) is 2.63. The zero-order valence-corrected chi connectivity index (χ0v) is 13.2. The van der Waals surface area contributed by atoms with Gasteiger partial charge in [-0.05, 0) is 24.5 Å². The molecule has 2 amide bonds. The summed E-state index contributed by atoms with van der Waals surface area (Å²) in [7, 11) is 3.74. The highest BCUT2D eigenvalue weighted by Crippen LogP contribution is 2.33. The van der Waals surface area contributed by atoms with Crippen LogP contribution in [0.1, 0.15) is 18.4 Å². The highest BCUT2D eigenvalue weighted by molar-refractivity contribution is 5.74. The van der Waals surface area contributed by atoms with E-state index >= 15 is 0 Å². The zero-order chi connectivity index (χ0) is 17.0. The number of piperidine rings is 1. The first kappa shape index (κ1) is 17.4. The van der Waals surface area contributed by atoms with Gasteiger partial charge in [-0.1, -0.05) is 6.07 Å². The van der Waals surface area contributed by atoms with E-state index in [-0.39, 0.29) is 19.5 Å². The van der Waals surface area contributed by atoms with Crippen molar-refractivity contribution in [1.82, 2.24) is 15.2 Å². The van der Waals surface area contributed by atoms with Crippen LogP contribution in [-0.2, 0) is 6.54 Å². The fourth-order valence-corrected chi connectivity index (χ4v) is 2.50. The lowest BCUT2D eigenvalue weighted by molar-refractivity contribution is -0.184. The summed E-state index contributed by atoms with van der Waals surface area (Å²) in [5.41, 5.74) is 0.799. The smallest absolute Gasteiger partial charge is 0.363 e. The maximum absolute atomic E-state index is 12.8. The minimum absolute atomic E-state index is 0.0865. The Morgan fingerprint density at radius 3 is 2.74 bits per heavy atom. The summed E-state index contributed by atoms with van der Waals surface area (Å²) >= 11 is 0. The molecule has 0 unspecified atom stereocenters. The molecule has 5 nitrogen and oxygen atoms in total. The average molecular weight is 330 g/mol. The number of nitrogens with one attached hydrogen (secondary N) is 1. The molecule has 1 saturated heterocycles. The van der Waals surface area contributed by atoms with Gasteiger partial charge in [0.25, 0.3) is 0 Å². The highest BCUT2D eigenvalue weighted by Gasteiger charge is 2.42. The van der Waals surface area contributed by atoms with Crippen LogP contribution in [0, 0.1) is 5.92 Å². The second-order valence-corrected chi connectivity index (χ2v) is 5.90. The summed E-state index contributed by atoms with van der Waals surface area (Å²) in [5, 5.41) is 2.66. The number of halogens is 3. The second kappa shape index (κ2) is 7.06. The van der Waals surface area contributed by atoms with Crippen LogP contribution in [0.4, 0.5) is 23.8 Å². The number of anilines is 1. The van der Waals surface area contributed by atoms with Gasteiger partial charge in [-0.25, -0.2) is 9.78 Å². The molecule has 8 heteroatoms. The molecule has 2 heterocycles. The quantitative estimate of drug-likeness (QED) is 0.927. The van der Waals surface area contributed by atoms with Crippen molar-refractivity contribution in [2.75, 3.05) is 32.1 Å². The van der Waals surface area contributed by atoms with Gasteiger partial charge in [0, 0.05) is 39.9 Å². The van der Waals surface area contributed by atoms with E-state index in [1.165, 1.54) is 4.90 Å². The molecule has 1 aromatic heterocycles. The van der Waals surface area contributed by atoms with Gasteiger partial charge in [-0.3, -0.25) is 0 Å². The fourth-order valence-electron chi connectivity index (χ4n) is 2.50. The Bertz CT molecular complexity index is 531. The van der Waals surface area contributed by atoms with Crippen LogP contribution in [0.5, 0.6) is 0 Å². The zero-order valence-electron chi connectivity index (χ0n) is 13.2. The first-order valence-corrected chi connectivity index (χ1v) is 7.49. The SMILES string of the molecule is CN(C)c1ccc(CNC(=O)N2CCC[C@H](C(F)(F)F)C2)cn1. The Hall–Kier alpha value is -1.99. The van der Waals surface area contributed by atoms with Crippen molar-refractivity contribution < 1.29 is 18.0 Å². The number of hydrogen-bond acceptors (Lipinski definition) is 3. The number of nitrogens with zero attached hydrogens (tertiary/aromatic N) is 3. The van der Waals surface area contributed by atoms with Gasteiger partial charge >= 0.3 is 12.2 Å². The minimum atomic E-state index is -4.25. The molecule has 23 heavy (non-hydrogen) atoms. The second-order valence-electron chi connectivity index (χ2n) is 5.90. The van der Waals surface area contributed by atoms with Gasteiger partial charge in [0.15, 0.2) is 0 Å². The molecule has 0 aliphatic carbocycles. The topological polar surface area (TPSA) is 48.5 Å². The molecule has 0 saturated carbocycles. The van der Waals surface area contributed by atoms with Gasteiger partial charge in [-0.15, -0.1) is 0 Å². The molecule has 1 aliphatic heterocycles. The predicted molar refractivity (Wildman–Crippen MR) is 81.2 cm³/mol. The van der Waals surface area contributed by atoms with Crippen LogP contribution in [-0.4, -0.2) is 49.3 Å². The molecule has 128 valence electrons. The molecule has 1 atom stereocenters. The van der Waals surface area contributed by atoms with Crippen molar-refractivity contribution in [2.45, 2.75) is 25.6 Å². The number of carbonyl (C=O) groups is 1. The molecular weight excluding hydrogens is 309 g/mol. The van der Waals surface area contributed by atoms with Gasteiger partial charge in [0.2, 0.25) is 0 Å². The third kappa shape index (κ3) is 4.74. The summed E-state index contributed by atoms with van der Waals surface area (Å²) in [6.07, 6.45) is -2.14. The molecular formula is C15H21F3N4O. The molecule has 2 rings (SSSR count). The average Bonchev–Trinajstić information content (AvgIpc) is 2.52. The van der Waals surface area contributed by atoms with Crippen LogP contribution < -0.4 is 10.2 Å². The normalized spacial score (nSPS) is 18.7. The van der Waals surface area contributed by atoms with E-state index in [1.807, 2.05) is 31.1 Å². The molecule has 0 aromatic carbocycles. The Morgan fingerprint density at radius 2 is 2.17 bits per heavy atom. The van der Waals surface area contributed by atoms with Crippen LogP contribution in [0.15, 0.2) is 18.3 Å². The summed E-state index contributed by atoms with van der Waals surface area (Å²) in [6, 6.07) is 3.19. The first-order valence-electron chi connectivity index (χ1n) is 7.49. The minimum Gasteiger partial charge on any atom is -0.363 e. The fraction of sp³-hybridized carbons (Fsp3) is 0.600. The molecule has 1 aromatic rings. The Kier molecular flexibility index (Phi) is 5.33. The van der Waals surface area contributed by atoms with Crippen molar-refractivity contribution in [3.63, 3.8) is 0 Å². The van der Waals surface area contributed by atoms with Gasteiger partial charge < -0.3 is 15.1 Å². The van der Waals surface area contributed by atoms with Crippen molar-refractivity contribution in [2.24, 2.45) is 5.92 Å². The number of pyridine rings is 1. The summed E-state index contributed by atoms with van der Waals surface area (Å²) in [4.78, 5) is 19.4. The van der Waals surface area contributed by atoms with Crippen molar-refractivity contribution in [1.29, 1.82) is 0 Å². The molecule has 0 spiro atoms. The number of aromatic nitrogens is 1. The Morgan fingerprint density at radius 1 is 1.43 bits per heavy atom. The lowest BCUT2D eigenvalue weighted by Gasteiger charge is -2.33. The number of likely N-dealkylation sites (tertiary alicyclic amines) is 1. The standard InChI is InChI=1S/C15H21F3N4O/c1-21(2)13-6-5-11(8-19-13)9-20-14(23)22-7-3-4-12(10-22)15(16,17)18/h5-6,8,12H,3-4,7,9-10H2,1-2H3,(H,20,23)/t12-/m0/s1. The van der Waals surface area contributed by atoms with Crippen LogP contribution in [0.3, 0.4) is 0 Å². The summed E-state index contributed by atoms with van der Waals surface area (Å²) in [6.45, 7) is 0.329.